The van der Waals surface area contributed by atoms with Gasteiger partial charge in [0.2, 0.25) is 0 Å². The summed E-state index contributed by atoms with van der Waals surface area (Å²) in [4.78, 5) is 25.4. The van der Waals surface area contributed by atoms with Crippen LogP contribution in [0.15, 0.2) is 30.2 Å². The highest BCUT2D eigenvalue weighted by Gasteiger charge is 2.25. The number of carboxylic acid groups (broad SMARTS) is 1. The molecule has 1 aromatic heterocycles. The molecule has 1 rings (SSSR count). The molecule has 1 aromatic rings. The van der Waals surface area contributed by atoms with Gasteiger partial charge in [-0.05, 0) is 11.4 Å². The van der Waals surface area contributed by atoms with Crippen LogP contribution >= 0.6 is 11.3 Å². The Kier molecular flexibility index (Phi) is 6.75. The van der Waals surface area contributed by atoms with Crippen LogP contribution in [0.2, 0.25) is 0 Å². The third kappa shape index (κ3) is 4.67. The number of amides is 2. The van der Waals surface area contributed by atoms with Crippen molar-refractivity contribution in [1.82, 2.24) is 10.2 Å². The summed E-state index contributed by atoms with van der Waals surface area (Å²) in [5.41, 5.74) is 0. The number of hydrogen-bond donors (Lipinski definition) is 2. The molecule has 0 bridgehead atoms. The standard InChI is InChI=1S/C13H18N2O4S/c1-3-6-15(7-8-19-2)13(18)14-11(12(16)17)10-5-4-9-20-10/h3-5,9,11H,1,6-8H2,2H3,(H,14,18)(H,16,17). The lowest BCUT2D eigenvalue weighted by molar-refractivity contribution is -0.139. The van der Waals surface area contributed by atoms with Crippen molar-refractivity contribution < 1.29 is 19.4 Å². The van der Waals surface area contributed by atoms with Crippen molar-refractivity contribution in [2.24, 2.45) is 0 Å². The summed E-state index contributed by atoms with van der Waals surface area (Å²) >= 11 is 1.29. The van der Waals surface area contributed by atoms with Crippen molar-refractivity contribution in [3.05, 3.63) is 35.0 Å². The second-order valence-corrected chi connectivity index (χ2v) is 4.94. The summed E-state index contributed by atoms with van der Waals surface area (Å²) in [5, 5.41) is 13.5. The molecule has 0 aromatic carbocycles. The minimum Gasteiger partial charge on any atom is -0.479 e. The van der Waals surface area contributed by atoms with Crippen LogP contribution in [0, 0.1) is 0 Å². The highest BCUT2D eigenvalue weighted by molar-refractivity contribution is 7.10. The molecule has 0 aliphatic carbocycles. The first-order chi connectivity index (χ1) is 9.60. The monoisotopic (exact) mass is 298 g/mol. The summed E-state index contributed by atoms with van der Waals surface area (Å²) in [7, 11) is 1.54. The fourth-order valence-corrected chi connectivity index (χ4v) is 2.33. The van der Waals surface area contributed by atoms with E-state index in [1.165, 1.54) is 23.3 Å². The van der Waals surface area contributed by atoms with Gasteiger partial charge in [0.25, 0.3) is 0 Å². The Balaban J connectivity index is 2.73. The Morgan fingerprint density at radius 3 is 2.90 bits per heavy atom. The van der Waals surface area contributed by atoms with Crippen LogP contribution in [0.25, 0.3) is 0 Å². The van der Waals surface area contributed by atoms with E-state index in [0.717, 1.165) is 0 Å². The number of hydrogen-bond acceptors (Lipinski definition) is 4. The maximum absolute atomic E-state index is 12.1. The molecule has 2 amide bonds. The smallest absolute Gasteiger partial charge is 0.331 e. The zero-order valence-corrected chi connectivity index (χ0v) is 12.1. The minimum atomic E-state index is -1.09. The number of ether oxygens (including phenoxy) is 1. The molecular formula is C13H18N2O4S. The molecular weight excluding hydrogens is 280 g/mol. The third-order valence-corrected chi connectivity index (χ3v) is 3.48. The van der Waals surface area contributed by atoms with Gasteiger partial charge in [-0.1, -0.05) is 12.1 Å². The first-order valence-corrected chi connectivity index (χ1v) is 6.89. The molecule has 1 unspecified atom stereocenters. The van der Waals surface area contributed by atoms with Crippen LogP contribution in [0.3, 0.4) is 0 Å². The van der Waals surface area contributed by atoms with Crippen LogP contribution in [-0.4, -0.2) is 48.8 Å². The van der Waals surface area contributed by atoms with E-state index in [0.29, 0.717) is 24.6 Å². The predicted octanol–water partition coefficient (Wildman–Crippen LogP) is 1.72. The van der Waals surface area contributed by atoms with Crippen molar-refractivity contribution in [3.8, 4) is 0 Å². The van der Waals surface area contributed by atoms with E-state index in [9.17, 15) is 14.7 Å². The molecule has 2 N–H and O–H groups in total. The van der Waals surface area contributed by atoms with Crippen LogP contribution in [0.5, 0.6) is 0 Å². The van der Waals surface area contributed by atoms with Gasteiger partial charge < -0.3 is 20.1 Å². The van der Waals surface area contributed by atoms with Gasteiger partial charge in [0, 0.05) is 25.1 Å². The Hall–Kier alpha value is -1.86. The highest BCUT2D eigenvalue weighted by Crippen LogP contribution is 2.19. The van der Waals surface area contributed by atoms with Crippen molar-refractivity contribution in [1.29, 1.82) is 0 Å². The number of aliphatic carboxylic acids is 1. The summed E-state index contributed by atoms with van der Waals surface area (Å²) in [6.07, 6.45) is 1.58. The number of thiophene rings is 1. The molecule has 0 aliphatic heterocycles. The average Bonchev–Trinajstić information content (AvgIpc) is 2.93. The number of carboxylic acids is 1. The molecule has 20 heavy (non-hydrogen) atoms. The normalized spacial score (nSPS) is 11.7. The quantitative estimate of drug-likeness (QED) is 0.716. The molecule has 7 heteroatoms. The van der Waals surface area contributed by atoms with E-state index in [1.807, 2.05) is 0 Å². The van der Waals surface area contributed by atoms with E-state index in [-0.39, 0.29) is 0 Å². The zero-order valence-electron chi connectivity index (χ0n) is 11.2. The molecule has 0 saturated heterocycles. The van der Waals surface area contributed by atoms with Gasteiger partial charge in [-0.2, -0.15) is 0 Å². The number of rotatable bonds is 8. The van der Waals surface area contributed by atoms with Crippen molar-refractivity contribution in [2.45, 2.75) is 6.04 Å². The number of nitrogens with zero attached hydrogens (tertiary/aromatic N) is 1. The average molecular weight is 298 g/mol. The minimum absolute atomic E-state index is 0.325. The number of methoxy groups -OCH3 is 1. The summed E-state index contributed by atoms with van der Waals surface area (Å²) in [6, 6.07) is 1.92. The maximum atomic E-state index is 12.1. The molecule has 1 heterocycles. The molecule has 0 fully saturated rings. The number of carbonyl (C=O) groups excluding carboxylic acids is 1. The lowest BCUT2D eigenvalue weighted by Crippen LogP contribution is -2.44. The second kappa shape index (κ2) is 8.34. The lowest BCUT2D eigenvalue weighted by Gasteiger charge is -2.23. The Morgan fingerprint density at radius 2 is 2.40 bits per heavy atom. The van der Waals surface area contributed by atoms with Crippen molar-refractivity contribution >= 4 is 23.3 Å². The van der Waals surface area contributed by atoms with Gasteiger partial charge in [0.05, 0.1) is 6.61 Å². The lowest BCUT2D eigenvalue weighted by atomic mass is 10.2. The molecule has 0 radical (unpaired) electrons. The summed E-state index contributed by atoms with van der Waals surface area (Å²) in [5.74, 6) is -1.09. The Bertz CT molecular complexity index is 447. The van der Waals surface area contributed by atoms with Gasteiger partial charge in [-0.15, -0.1) is 17.9 Å². The molecule has 0 saturated carbocycles. The Labute approximate surface area is 121 Å². The van der Waals surface area contributed by atoms with Crippen LogP contribution in [0.1, 0.15) is 10.9 Å². The predicted molar refractivity (Wildman–Crippen MR) is 76.9 cm³/mol. The van der Waals surface area contributed by atoms with Crippen molar-refractivity contribution in [2.75, 3.05) is 26.8 Å². The maximum Gasteiger partial charge on any atom is 0.331 e. The molecule has 110 valence electrons. The molecule has 0 aliphatic rings. The third-order valence-electron chi connectivity index (χ3n) is 2.54. The van der Waals surface area contributed by atoms with E-state index in [1.54, 1.807) is 23.6 Å². The van der Waals surface area contributed by atoms with E-state index in [2.05, 4.69) is 11.9 Å². The van der Waals surface area contributed by atoms with Crippen LogP contribution < -0.4 is 5.32 Å². The van der Waals surface area contributed by atoms with E-state index < -0.39 is 18.0 Å². The molecule has 6 nitrogen and oxygen atoms in total. The first-order valence-electron chi connectivity index (χ1n) is 6.01. The van der Waals surface area contributed by atoms with Crippen LogP contribution in [-0.2, 0) is 9.53 Å². The fourth-order valence-electron chi connectivity index (χ4n) is 1.56. The van der Waals surface area contributed by atoms with E-state index in [4.69, 9.17) is 4.74 Å². The van der Waals surface area contributed by atoms with Crippen molar-refractivity contribution in [3.63, 3.8) is 0 Å². The van der Waals surface area contributed by atoms with Crippen LogP contribution in [0.4, 0.5) is 4.79 Å². The number of nitrogens with one attached hydrogen (secondary N) is 1. The van der Waals surface area contributed by atoms with Gasteiger partial charge in [-0.3, -0.25) is 0 Å². The fraction of sp³-hybridized carbons (Fsp3) is 0.385. The second-order valence-electron chi connectivity index (χ2n) is 3.96. The largest absolute Gasteiger partial charge is 0.479 e. The van der Waals surface area contributed by atoms with Gasteiger partial charge >= 0.3 is 12.0 Å². The highest BCUT2D eigenvalue weighted by atomic mass is 32.1. The number of carbonyl (C=O) groups is 2. The topological polar surface area (TPSA) is 78.9 Å². The first kappa shape index (κ1) is 16.2. The van der Waals surface area contributed by atoms with E-state index >= 15 is 0 Å². The zero-order chi connectivity index (χ0) is 15.0. The number of urea groups is 1. The summed E-state index contributed by atoms with van der Waals surface area (Å²) < 4.78 is 4.92. The molecule has 0 spiro atoms. The van der Waals surface area contributed by atoms with Gasteiger partial charge in [0.15, 0.2) is 6.04 Å². The Morgan fingerprint density at radius 1 is 1.65 bits per heavy atom. The SMILES string of the molecule is C=CCN(CCOC)C(=O)NC(C(=O)O)c1cccs1. The summed E-state index contributed by atoms with van der Waals surface area (Å²) in [6.45, 7) is 4.64. The molecule has 1 atom stereocenters. The van der Waals surface area contributed by atoms with Gasteiger partial charge in [-0.25, -0.2) is 9.59 Å². The van der Waals surface area contributed by atoms with Gasteiger partial charge in [0.1, 0.15) is 0 Å².